The smallest absolute Gasteiger partial charge is 0.0848 e. The van der Waals surface area contributed by atoms with Gasteiger partial charge < -0.3 is 5.11 Å². The average molecular weight is 358 g/mol. The van der Waals surface area contributed by atoms with E-state index in [1.54, 1.807) is 0 Å². The van der Waals surface area contributed by atoms with Crippen LogP contribution in [0.1, 0.15) is 35.5 Å². The number of rotatable bonds is 4. The highest BCUT2D eigenvalue weighted by atomic mass is 79.9. The Bertz CT molecular complexity index is 625. The quantitative estimate of drug-likeness (QED) is 0.890. The molecule has 0 spiro atoms. The van der Waals surface area contributed by atoms with Crippen molar-refractivity contribution in [3.63, 3.8) is 0 Å². The molecule has 20 heavy (non-hydrogen) atoms. The van der Waals surface area contributed by atoms with E-state index < -0.39 is 6.10 Å². The van der Waals surface area contributed by atoms with Crippen LogP contribution in [0.5, 0.6) is 0 Å². The van der Waals surface area contributed by atoms with Gasteiger partial charge in [-0.25, -0.2) is 0 Å². The van der Waals surface area contributed by atoms with Gasteiger partial charge in [0, 0.05) is 17.4 Å². The van der Waals surface area contributed by atoms with Crippen LogP contribution >= 0.6 is 27.5 Å². The summed E-state index contributed by atoms with van der Waals surface area (Å²) in [4.78, 5) is 0. The molecule has 1 aromatic carbocycles. The molecule has 0 fully saturated rings. The van der Waals surface area contributed by atoms with Gasteiger partial charge in [0.05, 0.1) is 22.5 Å². The normalized spacial score (nSPS) is 12.7. The molecule has 5 heteroatoms. The van der Waals surface area contributed by atoms with Crippen LogP contribution in [0.3, 0.4) is 0 Å². The maximum Gasteiger partial charge on any atom is 0.0848 e. The molecule has 108 valence electrons. The molecule has 0 radical (unpaired) electrons. The Kier molecular flexibility index (Phi) is 4.89. The van der Waals surface area contributed by atoms with Crippen molar-refractivity contribution in [2.24, 2.45) is 0 Å². The maximum absolute atomic E-state index is 10.4. The third kappa shape index (κ3) is 3.08. The van der Waals surface area contributed by atoms with Gasteiger partial charge in [0.2, 0.25) is 0 Å². The minimum atomic E-state index is -0.592. The van der Waals surface area contributed by atoms with Crippen LogP contribution < -0.4 is 0 Å². The van der Waals surface area contributed by atoms with Crippen LogP contribution in [0.25, 0.3) is 0 Å². The van der Waals surface area contributed by atoms with Gasteiger partial charge >= 0.3 is 0 Å². The minimum absolute atomic E-state index is 0.461. The number of aliphatic hydroxyl groups excluding tert-OH is 1. The predicted octanol–water partition coefficient (Wildman–Crippen LogP) is 4.21. The molecule has 2 aromatic rings. The van der Waals surface area contributed by atoms with Crippen LogP contribution in [0.2, 0.25) is 5.02 Å². The van der Waals surface area contributed by atoms with Gasteiger partial charge in [0.25, 0.3) is 0 Å². The van der Waals surface area contributed by atoms with Crippen molar-refractivity contribution in [1.29, 1.82) is 0 Å². The summed E-state index contributed by atoms with van der Waals surface area (Å²) in [5, 5.41) is 15.4. The Morgan fingerprint density at radius 3 is 2.70 bits per heavy atom. The van der Waals surface area contributed by atoms with Crippen LogP contribution in [-0.2, 0) is 13.0 Å². The lowest BCUT2D eigenvalue weighted by molar-refractivity contribution is 0.175. The number of aliphatic hydroxyl groups is 1. The molecule has 1 aromatic heterocycles. The summed E-state index contributed by atoms with van der Waals surface area (Å²) in [5.74, 6) is 0. The second-order valence-electron chi connectivity index (χ2n) is 4.89. The van der Waals surface area contributed by atoms with Gasteiger partial charge in [-0.2, -0.15) is 5.10 Å². The van der Waals surface area contributed by atoms with E-state index in [2.05, 4.69) is 21.0 Å². The summed E-state index contributed by atoms with van der Waals surface area (Å²) in [7, 11) is 0. The first-order valence-electron chi connectivity index (χ1n) is 6.60. The largest absolute Gasteiger partial charge is 0.388 e. The Morgan fingerprint density at radius 2 is 2.10 bits per heavy atom. The van der Waals surface area contributed by atoms with Crippen molar-refractivity contribution in [3.05, 3.63) is 50.2 Å². The molecule has 1 heterocycles. The minimum Gasteiger partial charge on any atom is -0.388 e. The molecule has 1 atom stereocenters. The second-order valence-corrected chi connectivity index (χ2v) is 6.12. The fourth-order valence-electron chi connectivity index (χ4n) is 2.18. The molecule has 2 rings (SSSR count). The molecular formula is C15H18BrClN2O. The monoisotopic (exact) mass is 356 g/mol. The summed E-state index contributed by atoms with van der Waals surface area (Å²) < 4.78 is 2.85. The van der Waals surface area contributed by atoms with E-state index >= 15 is 0 Å². The molecule has 3 nitrogen and oxygen atoms in total. The summed E-state index contributed by atoms with van der Waals surface area (Å²) >= 11 is 9.77. The van der Waals surface area contributed by atoms with E-state index in [0.29, 0.717) is 11.4 Å². The molecule has 0 aliphatic carbocycles. The molecule has 0 aliphatic heterocycles. The van der Waals surface area contributed by atoms with Gasteiger partial charge in [0.15, 0.2) is 0 Å². The number of halogens is 2. The summed E-state index contributed by atoms with van der Waals surface area (Å²) in [6.07, 6.45) is -0.131. The van der Waals surface area contributed by atoms with Crippen molar-refractivity contribution in [2.45, 2.75) is 39.8 Å². The number of nitrogens with zero attached hydrogens (tertiary/aromatic N) is 2. The molecular weight excluding hydrogens is 340 g/mol. The highest BCUT2D eigenvalue weighted by molar-refractivity contribution is 9.10. The molecule has 0 amide bonds. The fourth-order valence-corrected chi connectivity index (χ4v) is 2.79. The Hall–Kier alpha value is -0.840. The van der Waals surface area contributed by atoms with E-state index in [0.717, 1.165) is 33.5 Å². The van der Waals surface area contributed by atoms with E-state index in [1.165, 1.54) is 0 Å². The zero-order chi connectivity index (χ0) is 14.9. The van der Waals surface area contributed by atoms with Crippen LogP contribution in [0, 0.1) is 13.8 Å². The van der Waals surface area contributed by atoms with E-state index in [9.17, 15) is 5.11 Å². The van der Waals surface area contributed by atoms with Crippen molar-refractivity contribution in [3.8, 4) is 0 Å². The standard InChI is InChI=1S/C15H18BrClN2O/c1-4-19-13(15(17)10(3)18-19)8-14(20)11-6-5-9(2)12(16)7-11/h5-7,14,20H,4,8H2,1-3H3. The number of benzene rings is 1. The summed E-state index contributed by atoms with van der Waals surface area (Å²) in [6.45, 7) is 6.66. The van der Waals surface area contributed by atoms with Crippen molar-refractivity contribution >= 4 is 27.5 Å². The van der Waals surface area contributed by atoms with Gasteiger partial charge in [0.1, 0.15) is 0 Å². The van der Waals surface area contributed by atoms with E-state index in [1.807, 2.05) is 43.7 Å². The third-order valence-corrected chi connectivity index (χ3v) is 4.77. The first kappa shape index (κ1) is 15.5. The highest BCUT2D eigenvalue weighted by Crippen LogP contribution is 2.28. The number of aromatic nitrogens is 2. The van der Waals surface area contributed by atoms with Gasteiger partial charge in [-0.15, -0.1) is 0 Å². The lowest BCUT2D eigenvalue weighted by atomic mass is 10.0. The van der Waals surface area contributed by atoms with Gasteiger partial charge in [-0.3, -0.25) is 4.68 Å². The first-order valence-corrected chi connectivity index (χ1v) is 7.77. The van der Waals surface area contributed by atoms with Gasteiger partial charge in [-0.05, 0) is 38.0 Å². The third-order valence-electron chi connectivity index (χ3n) is 3.42. The first-order chi connectivity index (χ1) is 9.43. The van der Waals surface area contributed by atoms with Crippen LogP contribution in [0.4, 0.5) is 0 Å². The topological polar surface area (TPSA) is 38.0 Å². The fraction of sp³-hybridized carbons (Fsp3) is 0.400. The summed E-state index contributed by atoms with van der Waals surface area (Å²) in [6, 6.07) is 5.89. The lowest BCUT2D eigenvalue weighted by Crippen LogP contribution is -2.09. The SMILES string of the molecule is CCn1nc(C)c(Cl)c1CC(O)c1ccc(C)c(Br)c1. The molecule has 0 saturated heterocycles. The molecule has 1 unspecified atom stereocenters. The average Bonchev–Trinajstić information content (AvgIpc) is 2.69. The molecule has 0 aliphatic rings. The Labute approximate surface area is 132 Å². The van der Waals surface area contributed by atoms with Crippen molar-refractivity contribution in [2.75, 3.05) is 0 Å². The van der Waals surface area contributed by atoms with E-state index in [4.69, 9.17) is 11.6 Å². The van der Waals surface area contributed by atoms with Gasteiger partial charge in [-0.1, -0.05) is 39.7 Å². The Balaban J connectivity index is 2.27. The summed E-state index contributed by atoms with van der Waals surface area (Å²) in [5.41, 5.74) is 3.71. The maximum atomic E-state index is 10.4. The van der Waals surface area contributed by atoms with Crippen LogP contribution in [0.15, 0.2) is 22.7 Å². The molecule has 1 N–H and O–H groups in total. The zero-order valence-corrected chi connectivity index (χ0v) is 14.2. The van der Waals surface area contributed by atoms with E-state index in [-0.39, 0.29) is 0 Å². The highest BCUT2D eigenvalue weighted by Gasteiger charge is 2.18. The lowest BCUT2D eigenvalue weighted by Gasteiger charge is -2.13. The number of hydrogen-bond acceptors (Lipinski definition) is 2. The number of hydrogen-bond donors (Lipinski definition) is 1. The molecule has 0 saturated carbocycles. The zero-order valence-electron chi connectivity index (χ0n) is 11.8. The predicted molar refractivity (Wildman–Crippen MR) is 85.2 cm³/mol. The Morgan fingerprint density at radius 1 is 1.40 bits per heavy atom. The second kappa shape index (κ2) is 6.29. The molecule has 0 bridgehead atoms. The van der Waals surface area contributed by atoms with Crippen LogP contribution in [-0.4, -0.2) is 14.9 Å². The van der Waals surface area contributed by atoms with Crippen molar-refractivity contribution in [1.82, 2.24) is 9.78 Å². The number of aryl methyl sites for hydroxylation is 3. The van der Waals surface area contributed by atoms with Crippen molar-refractivity contribution < 1.29 is 5.11 Å².